The van der Waals surface area contributed by atoms with Gasteiger partial charge in [0.1, 0.15) is 19.8 Å². The number of nitrogens with zero attached hydrogens (tertiary/aromatic N) is 1. The van der Waals surface area contributed by atoms with E-state index in [2.05, 4.69) is 19.9 Å². The van der Waals surface area contributed by atoms with Crippen LogP contribution in [0.1, 0.15) is 181 Å². The van der Waals surface area contributed by atoms with Crippen LogP contribution in [0.15, 0.2) is 36.5 Å². The molecule has 2 atom stereocenters. The summed E-state index contributed by atoms with van der Waals surface area (Å²) in [4.78, 5) is 37.3. The van der Waals surface area contributed by atoms with Gasteiger partial charge in [-0.1, -0.05) is 185 Å². The van der Waals surface area contributed by atoms with E-state index in [0.717, 1.165) is 25.7 Å². The minimum Gasteiger partial charge on any atom is -0.756 e. The van der Waals surface area contributed by atoms with Gasteiger partial charge >= 0.3 is 11.9 Å². The molecule has 0 rings (SSSR count). The number of carbonyl (C=O) groups is 2. The molecule has 0 N–H and O–H groups in total. The van der Waals surface area contributed by atoms with Crippen LogP contribution in [0.4, 0.5) is 0 Å². The summed E-state index contributed by atoms with van der Waals surface area (Å²) >= 11 is 0. The van der Waals surface area contributed by atoms with Gasteiger partial charge in [0.05, 0.1) is 27.7 Å². The minimum absolute atomic E-state index is 0.0499. The van der Waals surface area contributed by atoms with Crippen molar-refractivity contribution < 1.29 is 42.1 Å². The molecule has 0 amide bonds. The van der Waals surface area contributed by atoms with Gasteiger partial charge in [-0.3, -0.25) is 9.36 Å². The average Bonchev–Trinajstić information content (AvgIpc) is 3.12. The molecule has 9 nitrogen and oxygen atoms in total. The third kappa shape index (κ3) is 39.9. The molecule has 0 bridgehead atoms. The first-order chi connectivity index (χ1) is 26.0. The number of ether oxygens (including phenoxy) is 2. The van der Waals surface area contributed by atoms with Crippen molar-refractivity contribution in [3.8, 4) is 0 Å². The molecule has 1 unspecified atom stereocenters. The van der Waals surface area contributed by atoms with Gasteiger partial charge in [-0.2, -0.15) is 0 Å². The lowest BCUT2D eigenvalue weighted by Crippen LogP contribution is -2.37. The molecule has 0 saturated heterocycles. The van der Waals surface area contributed by atoms with Crippen LogP contribution in [0, 0.1) is 0 Å². The van der Waals surface area contributed by atoms with E-state index in [-0.39, 0.29) is 19.6 Å². The van der Waals surface area contributed by atoms with Crippen LogP contribution in [-0.2, 0) is 32.7 Å². The van der Waals surface area contributed by atoms with E-state index in [0.29, 0.717) is 11.0 Å². The fourth-order valence-corrected chi connectivity index (χ4v) is 6.60. The van der Waals surface area contributed by atoms with E-state index in [1.807, 2.05) is 33.3 Å². The summed E-state index contributed by atoms with van der Waals surface area (Å²) in [5.74, 6) is -1.11. The zero-order valence-electron chi connectivity index (χ0n) is 35.4. The number of phosphoric ester groups is 1. The summed E-state index contributed by atoms with van der Waals surface area (Å²) in [6.07, 6.45) is 41.0. The molecule has 0 saturated carbocycles. The highest BCUT2D eigenvalue weighted by Crippen LogP contribution is 2.38. The van der Waals surface area contributed by atoms with Crippen molar-refractivity contribution >= 4 is 19.8 Å². The van der Waals surface area contributed by atoms with Crippen molar-refractivity contribution in [2.75, 3.05) is 47.5 Å². The maximum absolute atomic E-state index is 12.5. The first-order valence-corrected chi connectivity index (χ1v) is 23.2. The van der Waals surface area contributed by atoms with Crippen LogP contribution in [0.5, 0.6) is 0 Å². The fraction of sp³-hybridized carbons (Fsp3) is 0.818. The van der Waals surface area contributed by atoms with Gasteiger partial charge in [0, 0.05) is 12.5 Å². The summed E-state index contributed by atoms with van der Waals surface area (Å²) in [6, 6.07) is 0. The van der Waals surface area contributed by atoms with Crippen molar-refractivity contribution in [1.29, 1.82) is 0 Å². The molecular weight excluding hydrogens is 701 g/mol. The third-order valence-electron chi connectivity index (χ3n) is 9.30. The lowest BCUT2D eigenvalue weighted by Gasteiger charge is -2.28. The van der Waals surface area contributed by atoms with Crippen LogP contribution in [-0.4, -0.2) is 70.0 Å². The molecule has 316 valence electrons. The van der Waals surface area contributed by atoms with E-state index in [1.54, 1.807) is 12.2 Å². The Kier molecular flexibility index (Phi) is 35.6. The molecule has 0 fully saturated rings. The van der Waals surface area contributed by atoms with Gasteiger partial charge < -0.3 is 27.9 Å². The molecule has 10 heteroatoms. The topological polar surface area (TPSA) is 111 Å². The van der Waals surface area contributed by atoms with Crippen LogP contribution >= 0.6 is 7.82 Å². The quantitative estimate of drug-likeness (QED) is 0.0151. The molecular formula is C44H82NO8P. The number of quaternary nitrogens is 1. The van der Waals surface area contributed by atoms with Gasteiger partial charge in [0.2, 0.25) is 0 Å². The second-order valence-corrected chi connectivity index (χ2v) is 17.2. The fourth-order valence-electron chi connectivity index (χ4n) is 5.87. The normalized spacial score (nSPS) is 14.0. The van der Waals surface area contributed by atoms with Crippen LogP contribution < -0.4 is 4.89 Å². The van der Waals surface area contributed by atoms with Crippen molar-refractivity contribution in [3.63, 3.8) is 0 Å². The van der Waals surface area contributed by atoms with Crippen molar-refractivity contribution in [2.45, 2.75) is 187 Å². The van der Waals surface area contributed by atoms with Crippen LogP contribution in [0.2, 0.25) is 0 Å². The second kappa shape index (κ2) is 36.8. The lowest BCUT2D eigenvalue weighted by atomic mass is 10.0. The van der Waals surface area contributed by atoms with Gasteiger partial charge in [0.25, 0.3) is 7.82 Å². The number of hydrogen-bond acceptors (Lipinski definition) is 8. The Morgan fingerprint density at radius 3 is 1.57 bits per heavy atom. The Labute approximate surface area is 331 Å². The van der Waals surface area contributed by atoms with E-state index in [9.17, 15) is 19.0 Å². The summed E-state index contributed by atoms with van der Waals surface area (Å²) in [7, 11) is 1.10. The number of hydrogen-bond donors (Lipinski definition) is 0. The maximum atomic E-state index is 12.5. The van der Waals surface area contributed by atoms with Gasteiger partial charge in [-0.05, 0) is 19.3 Å². The highest BCUT2D eigenvalue weighted by molar-refractivity contribution is 7.45. The molecule has 0 heterocycles. The van der Waals surface area contributed by atoms with Crippen molar-refractivity contribution in [3.05, 3.63) is 36.5 Å². The van der Waals surface area contributed by atoms with E-state index in [1.165, 1.54) is 141 Å². The number of likely N-dealkylation sites (N-methyl/N-ethyl adjacent to an activating group) is 1. The molecule has 0 aliphatic heterocycles. The second-order valence-electron chi connectivity index (χ2n) is 15.8. The zero-order chi connectivity index (χ0) is 40.0. The smallest absolute Gasteiger partial charge is 0.331 e. The van der Waals surface area contributed by atoms with E-state index >= 15 is 0 Å². The number of esters is 2. The number of unbranched alkanes of at least 4 members (excludes halogenated alkanes) is 23. The highest BCUT2D eigenvalue weighted by atomic mass is 31.2. The lowest BCUT2D eigenvalue weighted by molar-refractivity contribution is -0.870. The summed E-state index contributed by atoms with van der Waals surface area (Å²) in [6.45, 7) is 4.08. The molecule has 0 spiro atoms. The monoisotopic (exact) mass is 784 g/mol. The van der Waals surface area contributed by atoms with E-state index in [4.69, 9.17) is 18.5 Å². The largest absolute Gasteiger partial charge is 0.756 e. The number of allylic oxidation sites excluding steroid dienone is 5. The van der Waals surface area contributed by atoms with Crippen molar-refractivity contribution in [1.82, 2.24) is 0 Å². The molecule has 0 radical (unpaired) electrons. The van der Waals surface area contributed by atoms with Crippen LogP contribution in [0.25, 0.3) is 0 Å². The maximum Gasteiger partial charge on any atom is 0.331 e. The SMILES string of the molecule is CCCCCCCCCCCCCC=CC=CC=CC(=O)O[C@H](COC(=O)CCCCCCCCCCCCCCC)COP(=O)([O-])OCC[N+](C)(C)C. The molecule has 0 aliphatic rings. The number of carbonyl (C=O) groups excluding carboxylic acids is 2. The summed E-state index contributed by atoms with van der Waals surface area (Å²) in [5.41, 5.74) is 0. The molecule has 0 aromatic carbocycles. The standard InChI is InChI=1S/C44H82NO8P/c1-6-8-10-12-14-16-18-20-21-22-23-25-27-29-31-33-35-37-44(47)53-42(41-52-54(48,49)51-39-38-45(3,4)5)40-50-43(46)36-34-32-30-28-26-24-19-17-15-13-11-9-7-2/h27,29,31,33,35,37,42H,6-26,28,30,32,34,36,38-41H2,1-5H3/t42-/m1/s1. The Morgan fingerprint density at radius 1 is 0.611 bits per heavy atom. The molecule has 0 aromatic rings. The predicted octanol–water partition coefficient (Wildman–Crippen LogP) is 11.5. The van der Waals surface area contributed by atoms with Gasteiger partial charge in [-0.15, -0.1) is 0 Å². The number of rotatable bonds is 39. The number of phosphoric acid groups is 1. The molecule has 0 aliphatic carbocycles. The van der Waals surface area contributed by atoms with Crippen LogP contribution in [0.3, 0.4) is 0 Å². The summed E-state index contributed by atoms with van der Waals surface area (Å²) in [5, 5.41) is 0. The average molecular weight is 784 g/mol. The first kappa shape index (κ1) is 52.2. The first-order valence-electron chi connectivity index (χ1n) is 21.8. The Balaban J connectivity index is 4.51. The molecule has 0 aromatic heterocycles. The Morgan fingerprint density at radius 2 is 1.07 bits per heavy atom. The summed E-state index contributed by atoms with van der Waals surface area (Å²) < 4.78 is 33.6. The van der Waals surface area contributed by atoms with Crippen molar-refractivity contribution in [2.24, 2.45) is 0 Å². The zero-order valence-corrected chi connectivity index (χ0v) is 36.3. The minimum atomic E-state index is -4.65. The predicted molar refractivity (Wildman–Crippen MR) is 222 cm³/mol. The third-order valence-corrected chi connectivity index (χ3v) is 10.3. The van der Waals surface area contributed by atoms with E-state index < -0.39 is 32.5 Å². The molecule has 54 heavy (non-hydrogen) atoms. The highest BCUT2D eigenvalue weighted by Gasteiger charge is 2.21. The Bertz CT molecular complexity index is 1020. The van der Waals surface area contributed by atoms with Gasteiger partial charge in [0.15, 0.2) is 6.10 Å². The Hall–Kier alpha value is -1.77. The van der Waals surface area contributed by atoms with Gasteiger partial charge in [-0.25, -0.2) is 4.79 Å².